The van der Waals surface area contributed by atoms with Crippen molar-refractivity contribution in [2.75, 3.05) is 37.9 Å². The van der Waals surface area contributed by atoms with Gasteiger partial charge in [0.15, 0.2) is 17.3 Å². The summed E-state index contributed by atoms with van der Waals surface area (Å²) in [4.78, 5) is 27.7. The van der Waals surface area contributed by atoms with Crippen molar-refractivity contribution in [3.63, 3.8) is 0 Å². The fourth-order valence-corrected chi connectivity index (χ4v) is 4.57. The average Bonchev–Trinajstić information content (AvgIpc) is 3.41. The molecule has 32 heavy (non-hydrogen) atoms. The zero-order valence-electron chi connectivity index (χ0n) is 18.0. The predicted molar refractivity (Wildman–Crippen MR) is 116 cm³/mol. The molecule has 5 rings (SSSR count). The summed E-state index contributed by atoms with van der Waals surface area (Å²) in [6.45, 7) is 4.20. The standard InChI is InChI=1S/C24H26N2O6/c1-16(27)17-2-5-19(6-3-17)26-14-20(32-23(26)28)13-25-10-8-24(29,9-11-25)18-4-7-21-22(12-18)31-15-30-21/h2-7,12,20,29H,8-11,13-15H2,1H3. The number of cyclic esters (lactones) is 1. The number of rotatable bonds is 5. The first-order valence-electron chi connectivity index (χ1n) is 10.9. The number of anilines is 1. The molecule has 3 aliphatic rings. The maximum absolute atomic E-state index is 12.4. The van der Waals surface area contributed by atoms with Crippen molar-refractivity contribution in [2.45, 2.75) is 31.5 Å². The smallest absolute Gasteiger partial charge is 0.414 e. The number of ketones is 1. The number of aliphatic hydroxyl groups is 1. The van der Waals surface area contributed by atoms with Gasteiger partial charge in [-0.15, -0.1) is 0 Å². The Bertz CT molecular complexity index is 1030. The van der Waals surface area contributed by atoms with Crippen molar-refractivity contribution < 1.29 is 28.9 Å². The molecule has 168 valence electrons. The van der Waals surface area contributed by atoms with E-state index < -0.39 is 5.60 Å². The number of hydrogen-bond donors (Lipinski definition) is 1. The fraction of sp³-hybridized carbons (Fsp3) is 0.417. The van der Waals surface area contributed by atoms with Gasteiger partial charge in [-0.25, -0.2) is 4.79 Å². The topological polar surface area (TPSA) is 88.5 Å². The monoisotopic (exact) mass is 438 g/mol. The molecular weight excluding hydrogens is 412 g/mol. The van der Waals surface area contributed by atoms with Gasteiger partial charge in [0.2, 0.25) is 6.79 Å². The van der Waals surface area contributed by atoms with E-state index in [-0.39, 0.29) is 24.8 Å². The maximum atomic E-state index is 12.4. The van der Waals surface area contributed by atoms with Gasteiger partial charge < -0.3 is 19.3 Å². The van der Waals surface area contributed by atoms with E-state index in [9.17, 15) is 14.7 Å². The van der Waals surface area contributed by atoms with Crippen LogP contribution in [-0.2, 0) is 10.3 Å². The summed E-state index contributed by atoms with van der Waals surface area (Å²) in [5, 5.41) is 11.2. The van der Waals surface area contributed by atoms with Crippen molar-refractivity contribution in [1.82, 2.24) is 4.90 Å². The number of carbonyl (C=O) groups is 2. The Morgan fingerprint density at radius 2 is 1.81 bits per heavy atom. The minimum atomic E-state index is -0.908. The molecule has 8 heteroatoms. The van der Waals surface area contributed by atoms with Gasteiger partial charge in [-0.1, -0.05) is 6.07 Å². The van der Waals surface area contributed by atoms with Gasteiger partial charge in [0.1, 0.15) is 6.10 Å². The molecule has 2 aromatic rings. The summed E-state index contributed by atoms with van der Waals surface area (Å²) in [7, 11) is 0. The van der Waals surface area contributed by atoms with E-state index >= 15 is 0 Å². The highest BCUT2D eigenvalue weighted by Gasteiger charge is 2.38. The van der Waals surface area contributed by atoms with Crippen LogP contribution in [0.4, 0.5) is 10.5 Å². The van der Waals surface area contributed by atoms with Crippen molar-refractivity contribution in [2.24, 2.45) is 0 Å². The molecule has 0 radical (unpaired) electrons. The van der Waals surface area contributed by atoms with Gasteiger partial charge in [-0.3, -0.25) is 14.6 Å². The normalized spacial score (nSPS) is 22.1. The number of piperidine rings is 1. The molecule has 1 amide bonds. The third-order valence-electron chi connectivity index (χ3n) is 6.51. The molecule has 0 spiro atoms. The van der Waals surface area contributed by atoms with Crippen molar-refractivity contribution in [3.05, 3.63) is 53.6 Å². The first-order valence-corrected chi connectivity index (χ1v) is 10.9. The molecule has 1 atom stereocenters. The first-order chi connectivity index (χ1) is 15.4. The fourth-order valence-electron chi connectivity index (χ4n) is 4.57. The van der Waals surface area contributed by atoms with Gasteiger partial charge in [0, 0.05) is 30.9 Å². The summed E-state index contributed by atoms with van der Waals surface area (Å²) < 4.78 is 16.4. The van der Waals surface area contributed by atoms with Gasteiger partial charge in [-0.05, 0) is 61.7 Å². The number of ether oxygens (including phenoxy) is 3. The lowest BCUT2D eigenvalue weighted by atomic mass is 9.84. The number of benzene rings is 2. The SMILES string of the molecule is CC(=O)c1ccc(N2CC(CN3CCC(O)(c4ccc5c(c4)OCO5)CC3)OC2=O)cc1. The molecule has 1 N–H and O–H groups in total. The number of nitrogens with zero attached hydrogens (tertiary/aromatic N) is 2. The molecule has 3 heterocycles. The molecule has 0 aliphatic carbocycles. The molecule has 2 aromatic carbocycles. The third kappa shape index (κ3) is 3.91. The van der Waals surface area contributed by atoms with Gasteiger partial charge in [-0.2, -0.15) is 0 Å². The van der Waals surface area contributed by atoms with E-state index in [2.05, 4.69) is 4.90 Å². The van der Waals surface area contributed by atoms with Crippen LogP contribution in [0, 0.1) is 0 Å². The van der Waals surface area contributed by atoms with Crippen LogP contribution in [-0.4, -0.2) is 61.0 Å². The van der Waals surface area contributed by atoms with Gasteiger partial charge in [0.25, 0.3) is 0 Å². The summed E-state index contributed by atoms with van der Waals surface area (Å²) in [6.07, 6.45) is 0.554. The lowest BCUT2D eigenvalue weighted by molar-refractivity contribution is -0.0325. The number of Topliss-reactive ketones (excluding diaryl/α,β-unsaturated/α-hetero) is 1. The maximum Gasteiger partial charge on any atom is 0.414 e. The second kappa shape index (κ2) is 8.11. The Labute approximate surface area is 186 Å². The van der Waals surface area contributed by atoms with Crippen LogP contribution in [0.15, 0.2) is 42.5 Å². The van der Waals surface area contributed by atoms with Crippen molar-refractivity contribution >= 4 is 17.6 Å². The van der Waals surface area contributed by atoms with Crippen LogP contribution in [0.25, 0.3) is 0 Å². The minimum absolute atomic E-state index is 0.00997. The zero-order valence-corrected chi connectivity index (χ0v) is 18.0. The predicted octanol–water partition coefficient (Wildman–Crippen LogP) is 2.93. The van der Waals surface area contributed by atoms with Crippen LogP contribution in [0.3, 0.4) is 0 Å². The second-order valence-corrected chi connectivity index (χ2v) is 8.62. The summed E-state index contributed by atoms with van der Waals surface area (Å²) in [6, 6.07) is 12.6. The molecule has 0 bridgehead atoms. The Kier molecular flexibility index (Phi) is 5.27. The molecule has 0 saturated carbocycles. The van der Waals surface area contributed by atoms with Crippen molar-refractivity contribution in [1.29, 1.82) is 0 Å². The molecule has 1 unspecified atom stereocenters. The van der Waals surface area contributed by atoms with E-state index in [1.807, 2.05) is 18.2 Å². The molecule has 2 saturated heterocycles. The van der Waals surface area contributed by atoms with Crippen molar-refractivity contribution in [3.8, 4) is 11.5 Å². The Morgan fingerprint density at radius 1 is 1.09 bits per heavy atom. The summed E-state index contributed by atoms with van der Waals surface area (Å²) in [5.74, 6) is 1.37. The van der Waals surface area contributed by atoms with E-state index in [1.54, 1.807) is 29.2 Å². The summed E-state index contributed by atoms with van der Waals surface area (Å²) in [5.41, 5.74) is 1.27. The summed E-state index contributed by atoms with van der Waals surface area (Å²) >= 11 is 0. The molecular formula is C24H26N2O6. The Balaban J connectivity index is 1.18. The van der Waals surface area contributed by atoms with E-state index in [0.717, 1.165) is 11.3 Å². The minimum Gasteiger partial charge on any atom is -0.454 e. The number of amides is 1. The van der Waals surface area contributed by atoms with E-state index in [1.165, 1.54) is 6.92 Å². The van der Waals surface area contributed by atoms with Crippen LogP contribution in [0.2, 0.25) is 0 Å². The van der Waals surface area contributed by atoms with Crippen LogP contribution < -0.4 is 14.4 Å². The molecule has 8 nitrogen and oxygen atoms in total. The van der Waals surface area contributed by atoms with Gasteiger partial charge >= 0.3 is 6.09 Å². The highest BCUT2D eigenvalue weighted by atomic mass is 16.7. The lowest BCUT2D eigenvalue weighted by Gasteiger charge is -2.39. The van der Waals surface area contributed by atoms with E-state index in [0.29, 0.717) is 56.1 Å². The largest absolute Gasteiger partial charge is 0.454 e. The van der Waals surface area contributed by atoms with Gasteiger partial charge in [0.05, 0.1) is 12.1 Å². The first kappa shape index (κ1) is 20.8. The number of carbonyl (C=O) groups excluding carboxylic acids is 2. The molecule has 3 aliphatic heterocycles. The lowest BCUT2D eigenvalue weighted by Crippen LogP contribution is -2.45. The highest BCUT2D eigenvalue weighted by Crippen LogP contribution is 2.39. The highest BCUT2D eigenvalue weighted by molar-refractivity contribution is 5.95. The van der Waals surface area contributed by atoms with Crippen LogP contribution in [0.1, 0.15) is 35.7 Å². The van der Waals surface area contributed by atoms with Crippen LogP contribution >= 0.6 is 0 Å². The Hall–Kier alpha value is -3.10. The Morgan fingerprint density at radius 3 is 2.53 bits per heavy atom. The average molecular weight is 438 g/mol. The molecule has 0 aromatic heterocycles. The number of likely N-dealkylation sites (tertiary alicyclic amines) is 1. The third-order valence-corrected chi connectivity index (χ3v) is 6.51. The second-order valence-electron chi connectivity index (χ2n) is 8.62. The van der Waals surface area contributed by atoms with Crippen LogP contribution in [0.5, 0.6) is 11.5 Å². The quantitative estimate of drug-likeness (QED) is 0.718. The van der Waals surface area contributed by atoms with E-state index in [4.69, 9.17) is 14.2 Å². The molecule has 2 fully saturated rings. The zero-order chi connectivity index (χ0) is 22.3. The number of fused-ring (bicyclic) bond motifs is 1. The number of hydrogen-bond acceptors (Lipinski definition) is 7.